The molecule has 1 aliphatic heterocycles. The van der Waals surface area contributed by atoms with E-state index in [1.54, 1.807) is 6.92 Å². The second-order valence-electron chi connectivity index (χ2n) is 8.58. The molecule has 0 radical (unpaired) electrons. The number of carbonyl (C=O) groups is 2. The van der Waals surface area contributed by atoms with Gasteiger partial charge in [0, 0.05) is 32.4 Å². The van der Waals surface area contributed by atoms with Gasteiger partial charge in [0.2, 0.25) is 11.8 Å². The summed E-state index contributed by atoms with van der Waals surface area (Å²) < 4.78 is 16.0. The van der Waals surface area contributed by atoms with Crippen molar-refractivity contribution in [2.24, 2.45) is 5.41 Å². The molecule has 1 unspecified atom stereocenters. The Balaban J connectivity index is 2.03. The molecule has 170 valence electrons. The Hall–Kier alpha value is -1.26. The molecule has 4 atom stereocenters. The molecule has 0 saturated carbocycles. The summed E-state index contributed by atoms with van der Waals surface area (Å²) >= 11 is 0. The lowest BCUT2D eigenvalue weighted by molar-refractivity contribution is -0.202. The van der Waals surface area contributed by atoms with Gasteiger partial charge < -0.3 is 35.1 Å². The highest BCUT2D eigenvalue weighted by Gasteiger charge is 2.35. The molecular weight excluding hydrogens is 380 g/mol. The van der Waals surface area contributed by atoms with E-state index in [2.05, 4.69) is 31.4 Å². The molecule has 0 bridgehead atoms. The highest BCUT2D eigenvalue weighted by atomic mass is 16.6. The summed E-state index contributed by atoms with van der Waals surface area (Å²) in [4.78, 5) is 23.8. The standard InChI is InChI=1S/C20H38N2O7/c1-14-19(26)15(13-18(25)29-14)22-17(24)6-5-16(23)21-8-10-28-12-11-27-9-7-20(2,3)4/h14-15,18-19,25-26H,5-13H2,1-4H3,(H,21,23)(H,22,24)/t14-,15-,18?,19+/m0/s1. The highest BCUT2D eigenvalue weighted by Crippen LogP contribution is 2.19. The first-order valence-corrected chi connectivity index (χ1v) is 10.3. The predicted molar refractivity (Wildman–Crippen MR) is 107 cm³/mol. The zero-order valence-electron chi connectivity index (χ0n) is 18.1. The number of amides is 2. The fourth-order valence-electron chi connectivity index (χ4n) is 2.77. The first kappa shape index (κ1) is 25.8. The van der Waals surface area contributed by atoms with E-state index in [0.717, 1.165) is 6.42 Å². The largest absolute Gasteiger partial charge is 0.388 e. The van der Waals surface area contributed by atoms with Crippen molar-refractivity contribution >= 4 is 11.8 Å². The predicted octanol–water partition coefficient (Wildman–Crippen LogP) is 0.325. The van der Waals surface area contributed by atoms with Crippen LogP contribution in [0.1, 0.15) is 53.4 Å². The quantitative estimate of drug-likeness (QED) is 0.336. The van der Waals surface area contributed by atoms with Crippen LogP contribution in [0.5, 0.6) is 0 Å². The van der Waals surface area contributed by atoms with Crippen molar-refractivity contribution in [1.29, 1.82) is 0 Å². The van der Waals surface area contributed by atoms with Crippen LogP contribution < -0.4 is 10.6 Å². The lowest BCUT2D eigenvalue weighted by Crippen LogP contribution is -2.54. The summed E-state index contributed by atoms with van der Waals surface area (Å²) in [6.45, 7) is 10.6. The van der Waals surface area contributed by atoms with E-state index in [1.807, 2.05) is 0 Å². The van der Waals surface area contributed by atoms with Crippen molar-refractivity contribution in [2.75, 3.05) is 33.0 Å². The fourth-order valence-corrected chi connectivity index (χ4v) is 2.77. The lowest BCUT2D eigenvalue weighted by atomic mass is 9.93. The maximum absolute atomic E-state index is 12.0. The van der Waals surface area contributed by atoms with Gasteiger partial charge in [-0.25, -0.2) is 0 Å². The van der Waals surface area contributed by atoms with Gasteiger partial charge in [-0.05, 0) is 18.8 Å². The van der Waals surface area contributed by atoms with Gasteiger partial charge >= 0.3 is 0 Å². The van der Waals surface area contributed by atoms with E-state index in [-0.39, 0.29) is 36.5 Å². The first-order chi connectivity index (χ1) is 13.6. The van der Waals surface area contributed by atoms with Crippen LogP contribution in [-0.4, -0.2) is 79.5 Å². The molecule has 1 heterocycles. The Morgan fingerprint density at radius 1 is 1.03 bits per heavy atom. The zero-order valence-corrected chi connectivity index (χ0v) is 18.1. The molecule has 4 N–H and O–H groups in total. The minimum atomic E-state index is -1.02. The second kappa shape index (κ2) is 13.1. The molecular formula is C20H38N2O7. The highest BCUT2D eigenvalue weighted by molar-refractivity contribution is 5.83. The minimum Gasteiger partial charge on any atom is -0.388 e. The van der Waals surface area contributed by atoms with Crippen LogP contribution in [0.25, 0.3) is 0 Å². The van der Waals surface area contributed by atoms with Crippen molar-refractivity contribution < 1.29 is 34.0 Å². The van der Waals surface area contributed by atoms with Crippen molar-refractivity contribution in [2.45, 2.75) is 77.9 Å². The SMILES string of the molecule is C[C@@H]1OC(O)C[C@H](NC(=O)CCC(=O)NCCOCCOCCC(C)(C)C)[C@@H]1O. The van der Waals surface area contributed by atoms with Gasteiger partial charge in [0.25, 0.3) is 0 Å². The number of hydrogen-bond donors (Lipinski definition) is 4. The van der Waals surface area contributed by atoms with E-state index in [9.17, 15) is 19.8 Å². The van der Waals surface area contributed by atoms with Crippen LogP contribution in [0.2, 0.25) is 0 Å². The van der Waals surface area contributed by atoms with E-state index in [0.29, 0.717) is 33.0 Å². The fraction of sp³-hybridized carbons (Fsp3) is 0.900. The third-order valence-electron chi connectivity index (χ3n) is 4.58. The Bertz CT molecular complexity index is 496. The molecule has 0 aliphatic carbocycles. The van der Waals surface area contributed by atoms with Gasteiger partial charge in [-0.1, -0.05) is 20.8 Å². The number of ether oxygens (including phenoxy) is 3. The van der Waals surface area contributed by atoms with E-state index in [4.69, 9.17) is 14.2 Å². The molecule has 0 spiro atoms. The summed E-state index contributed by atoms with van der Waals surface area (Å²) in [6.07, 6.45) is -1.35. The Labute approximate surface area is 173 Å². The maximum Gasteiger partial charge on any atom is 0.220 e. The third kappa shape index (κ3) is 12.1. The monoisotopic (exact) mass is 418 g/mol. The molecule has 1 rings (SSSR count). The van der Waals surface area contributed by atoms with Crippen LogP contribution in [0.15, 0.2) is 0 Å². The van der Waals surface area contributed by atoms with Crippen LogP contribution in [0.4, 0.5) is 0 Å². The van der Waals surface area contributed by atoms with Gasteiger partial charge in [0.1, 0.15) is 6.10 Å². The number of rotatable bonds is 12. The zero-order chi connectivity index (χ0) is 21.9. The van der Waals surface area contributed by atoms with Gasteiger partial charge in [-0.15, -0.1) is 0 Å². The molecule has 1 aliphatic rings. The third-order valence-corrected chi connectivity index (χ3v) is 4.58. The minimum absolute atomic E-state index is 0.00284. The second-order valence-corrected chi connectivity index (χ2v) is 8.58. The molecule has 1 fully saturated rings. The van der Waals surface area contributed by atoms with E-state index >= 15 is 0 Å². The molecule has 2 amide bonds. The summed E-state index contributed by atoms with van der Waals surface area (Å²) in [6, 6.07) is -0.594. The van der Waals surface area contributed by atoms with Gasteiger partial charge in [-0.2, -0.15) is 0 Å². The molecule has 9 nitrogen and oxygen atoms in total. The molecule has 0 aromatic rings. The summed E-state index contributed by atoms with van der Waals surface area (Å²) in [7, 11) is 0. The van der Waals surface area contributed by atoms with Crippen LogP contribution in [0, 0.1) is 5.41 Å². The first-order valence-electron chi connectivity index (χ1n) is 10.3. The summed E-state index contributed by atoms with van der Waals surface area (Å²) in [5, 5.41) is 24.9. The average Bonchev–Trinajstić information content (AvgIpc) is 2.61. The number of nitrogens with one attached hydrogen (secondary N) is 2. The maximum atomic E-state index is 12.0. The molecule has 29 heavy (non-hydrogen) atoms. The Morgan fingerprint density at radius 3 is 2.31 bits per heavy atom. The van der Waals surface area contributed by atoms with Gasteiger partial charge in [0.15, 0.2) is 6.29 Å². The Kier molecular flexibility index (Phi) is 11.7. The smallest absolute Gasteiger partial charge is 0.220 e. The van der Waals surface area contributed by atoms with Crippen molar-refractivity contribution in [3.8, 4) is 0 Å². The van der Waals surface area contributed by atoms with E-state index in [1.165, 1.54) is 0 Å². The summed E-state index contributed by atoms with van der Waals surface area (Å²) in [5.74, 6) is -0.597. The van der Waals surface area contributed by atoms with Crippen LogP contribution >= 0.6 is 0 Å². The number of aliphatic hydroxyl groups is 2. The molecule has 1 saturated heterocycles. The lowest BCUT2D eigenvalue weighted by Gasteiger charge is -2.36. The van der Waals surface area contributed by atoms with Crippen molar-refractivity contribution in [3.05, 3.63) is 0 Å². The van der Waals surface area contributed by atoms with Gasteiger partial charge in [0.05, 0.1) is 32.0 Å². The van der Waals surface area contributed by atoms with Crippen molar-refractivity contribution in [3.63, 3.8) is 0 Å². The topological polar surface area (TPSA) is 126 Å². The average molecular weight is 419 g/mol. The summed E-state index contributed by atoms with van der Waals surface area (Å²) in [5.41, 5.74) is 0.256. The Morgan fingerprint density at radius 2 is 1.66 bits per heavy atom. The van der Waals surface area contributed by atoms with Crippen LogP contribution in [0.3, 0.4) is 0 Å². The van der Waals surface area contributed by atoms with E-state index < -0.39 is 24.5 Å². The van der Waals surface area contributed by atoms with Crippen LogP contribution in [-0.2, 0) is 23.8 Å². The van der Waals surface area contributed by atoms with Crippen molar-refractivity contribution in [1.82, 2.24) is 10.6 Å². The van der Waals surface area contributed by atoms with Gasteiger partial charge in [-0.3, -0.25) is 9.59 Å². The molecule has 9 heteroatoms. The number of hydrogen-bond acceptors (Lipinski definition) is 7. The molecule has 0 aromatic carbocycles. The normalized spacial score (nSPS) is 24.9. The molecule has 0 aromatic heterocycles. The number of carbonyl (C=O) groups excluding carboxylic acids is 2. The number of aliphatic hydroxyl groups excluding tert-OH is 2.